The molecule has 2 aromatic carbocycles. The van der Waals surface area contributed by atoms with E-state index >= 15 is 0 Å². The summed E-state index contributed by atoms with van der Waals surface area (Å²) in [6.07, 6.45) is 6.56. The predicted octanol–water partition coefficient (Wildman–Crippen LogP) is 5.87. The van der Waals surface area contributed by atoms with Gasteiger partial charge < -0.3 is 19.0 Å². The van der Waals surface area contributed by atoms with Crippen molar-refractivity contribution in [2.45, 2.75) is 26.0 Å². The normalized spacial score (nSPS) is 11.7. The third-order valence-electron chi connectivity index (χ3n) is 5.24. The fraction of sp³-hybridized carbons (Fsp3) is 0.148. The van der Waals surface area contributed by atoms with E-state index in [1.54, 1.807) is 12.1 Å². The van der Waals surface area contributed by atoms with Crippen LogP contribution < -0.4 is 10.1 Å². The number of nitrogens with zero attached hydrogens (tertiary/aromatic N) is 1. The van der Waals surface area contributed by atoms with Gasteiger partial charge in [-0.1, -0.05) is 36.4 Å². The fourth-order valence-corrected chi connectivity index (χ4v) is 3.49. The summed E-state index contributed by atoms with van der Waals surface area (Å²) in [6.45, 7) is 5.98. The predicted molar refractivity (Wildman–Crippen MR) is 125 cm³/mol. The number of carbonyl (C=O) groups is 1. The Kier molecular flexibility index (Phi) is 6.56. The van der Waals surface area contributed by atoms with E-state index in [1.807, 2.05) is 90.6 Å². The van der Waals surface area contributed by atoms with Gasteiger partial charge in [0.05, 0.1) is 6.04 Å². The van der Waals surface area contributed by atoms with E-state index in [-0.39, 0.29) is 24.3 Å². The largest absolute Gasteiger partial charge is 0.485 e. The molecule has 1 amide bonds. The van der Waals surface area contributed by atoms with Crippen molar-refractivity contribution in [2.75, 3.05) is 0 Å². The lowest BCUT2D eigenvalue weighted by Gasteiger charge is -2.14. The SMILES string of the molecule is C=CCc1ccccc1OCc1ccc(C(=O)NC(C)c2ccc(-n3cccc3)cc2)o1. The Bertz CT molecular complexity index is 1170. The highest BCUT2D eigenvalue weighted by atomic mass is 16.5. The van der Waals surface area contributed by atoms with E-state index in [0.29, 0.717) is 5.76 Å². The van der Waals surface area contributed by atoms with Crippen LogP contribution in [0.1, 0.15) is 40.4 Å². The van der Waals surface area contributed by atoms with Gasteiger partial charge in [0.1, 0.15) is 18.1 Å². The number of aromatic nitrogens is 1. The summed E-state index contributed by atoms with van der Waals surface area (Å²) in [4.78, 5) is 12.6. The van der Waals surface area contributed by atoms with Crippen LogP contribution in [-0.2, 0) is 13.0 Å². The molecule has 1 atom stereocenters. The molecule has 0 aliphatic heterocycles. The second kappa shape index (κ2) is 9.88. The number of hydrogen-bond donors (Lipinski definition) is 1. The van der Waals surface area contributed by atoms with Crippen LogP contribution in [0.3, 0.4) is 0 Å². The number of hydrogen-bond acceptors (Lipinski definition) is 3. The molecule has 5 nitrogen and oxygen atoms in total. The molecule has 162 valence electrons. The Hall–Kier alpha value is -3.99. The molecule has 0 fully saturated rings. The van der Waals surface area contributed by atoms with Gasteiger partial charge in [-0.2, -0.15) is 0 Å². The number of benzene rings is 2. The Morgan fingerprint density at radius 1 is 1.06 bits per heavy atom. The average molecular weight is 427 g/mol. The summed E-state index contributed by atoms with van der Waals surface area (Å²) in [6, 6.07) is 23.2. The number of carbonyl (C=O) groups excluding carboxylic acids is 1. The summed E-state index contributed by atoms with van der Waals surface area (Å²) in [5, 5.41) is 2.99. The van der Waals surface area contributed by atoms with E-state index in [1.165, 1.54) is 0 Å². The first-order valence-electron chi connectivity index (χ1n) is 10.6. The molecule has 32 heavy (non-hydrogen) atoms. The molecule has 4 aromatic rings. The number of para-hydroxylation sites is 1. The second-order valence-electron chi connectivity index (χ2n) is 7.53. The van der Waals surface area contributed by atoms with Crippen molar-refractivity contribution in [3.8, 4) is 11.4 Å². The summed E-state index contributed by atoms with van der Waals surface area (Å²) in [7, 11) is 0. The van der Waals surface area contributed by atoms with Gasteiger partial charge in [-0.25, -0.2) is 0 Å². The molecule has 0 saturated carbocycles. The highest BCUT2D eigenvalue weighted by Gasteiger charge is 2.15. The van der Waals surface area contributed by atoms with Gasteiger partial charge in [0.2, 0.25) is 0 Å². The van der Waals surface area contributed by atoms with Gasteiger partial charge >= 0.3 is 0 Å². The topological polar surface area (TPSA) is 56.4 Å². The van der Waals surface area contributed by atoms with Crippen LogP contribution in [0.2, 0.25) is 0 Å². The summed E-state index contributed by atoms with van der Waals surface area (Å²) >= 11 is 0. The first-order valence-corrected chi connectivity index (χ1v) is 10.6. The number of nitrogens with one attached hydrogen (secondary N) is 1. The minimum absolute atomic E-state index is 0.156. The molecule has 2 aromatic heterocycles. The van der Waals surface area contributed by atoms with E-state index < -0.39 is 0 Å². The Morgan fingerprint density at radius 2 is 1.81 bits per heavy atom. The molecule has 1 N–H and O–H groups in total. The Balaban J connectivity index is 1.35. The smallest absolute Gasteiger partial charge is 0.287 e. The standard InChI is InChI=1S/C27H26N2O3/c1-3-8-22-9-4-5-10-25(22)31-19-24-15-16-26(32-24)27(30)28-20(2)21-11-13-23(14-12-21)29-17-6-7-18-29/h3-7,9-18,20H,1,8,19H2,2H3,(H,28,30). The van der Waals surface area contributed by atoms with E-state index in [4.69, 9.17) is 9.15 Å². The lowest BCUT2D eigenvalue weighted by molar-refractivity contribution is 0.0907. The molecule has 4 rings (SSSR count). The zero-order valence-electron chi connectivity index (χ0n) is 18.0. The van der Waals surface area contributed by atoms with Crippen molar-refractivity contribution in [2.24, 2.45) is 0 Å². The fourth-order valence-electron chi connectivity index (χ4n) is 3.49. The first-order chi connectivity index (χ1) is 15.6. The van der Waals surface area contributed by atoms with E-state index in [0.717, 1.165) is 29.0 Å². The minimum atomic E-state index is -0.259. The van der Waals surface area contributed by atoms with Gasteiger partial charge in [-0.3, -0.25) is 4.79 Å². The van der Waals surface area contributed by atoms with Gasteiger partial charge in [-0.05, 0) is 66.9 Å². The molecular weight excluding hydrogens is 400 g/mol. The van der Waals surface area contributed by atoms with E-state index in [9.17, 15) is 4.79 Å². The summed E-state index contributed by atoms with van der Waals surface area (Å²) in [5.41, 5.74) is 3.15. The Morgan fingerprint density at radius 3 is 2.56 bits per heavy atom. The van der Waals surface area contributed by atoms with Crippen LogP contribution in [0.5, 0.6) is 5.75 Å². The number of furan rings is 1. The van der Waals surface area contributed by atoms with Gasteiger partial charge in [0.15, 0.2) is 5.76 Å². The summed E-state index contributed by atoms with van der Waals surface area (Å²) in [5.74, 6) is 1.38. The molecular formula is C27H26N2O3. The quantitative estimate of drug-likeness (QED) is 0.341. The minimum Gasteiger partial charge on any atom is -0.485 e. The van der Waals surface area contributed by atoms with Crippen LogP contribution in [0.25, 0.3) is 5.69 Å². The maximum atomic E-state index is 12.6. The molecule has 0 radical (unpaired) electrons. The number of rotatable bonds is 9. The van der Waals surface area contributed by atoms with Crippen LogP contribution in [-0.4, -0.2) is 10.5 Å². The maximum Gasteiger partial charge on any atom is 0.287 e. The molecule has 2 heterocycles. The van der Waals surface area contributed by atoms with Gasteiger partial charge in [-0.15, -0.1) is 6.58 Å². The van der Waals surface area contributed by atoms with E-state index in [2.05, 4.69) is 11.9 Å². The summed E-state index contributed by atoms with van der Waals surface area (Å²) < 4.78 is 13.6. The maximum absolute atomic E-state index is 12.6. The van der Waals surface area contributed by atoms with Gasteiger partial charge in [0.25, 0.3) is 5.91 Å². The molecule has 0 spiro atoms. The zero-order chi connectivity index (χ0) is 22.3. The monoisotopic (exact) mass is 426 g/mol. The van der Waals surface area contributed by atoms with Crippen molar-refractivity contribution in [3.05, 3.63) is 120 Å². The van der Waals surface area contributed by atoms with Crippen molar-refractivity contribution in [1.29, 1.82) is 0 Å². The highest BCUT2D eigenvalue weighted by Crippen LogP contribution is 2.21. The number of amides is 1. The van der Waals surface area contributed by atoms with Crippen LogP contribution >= 0.6 is 0 Å². The highest BCUT2D eigenvalue weighted by molar-refractivity contribution is 5.91. The van der Waals surface area contributed by atoms with Crippen molar-refractivity contribution in [3.63, 3.8) is 0 Å². The average Bonchev–Trinajstić information content (AvgIpc) is 3.51. The zero-order valence-corrected chi connectivity index (χ0v) is 18.0. The molecule has 5 heteroatoms. The molecule has 0 aliphatic carbocycles. The number of allylic oxidation sites excluding steroid dienone is 1. The lowest BCUT2D eigenvalue weighted by atomic mass is 10.1. The third kappa shape index (κ3) is 5.01. The van der Waals surface area contributed by atoms with Crippen molar-refractivity contribution in [1.82, 2.24) is 9.88 Å². The molecule has 1 unspecified atom stereocenters. The van der Waals surface area contributed by atoms with Crippen LogP contribution in [0.15, 0.2) is 102 Å². The number of ether oxygens (including phenoxy) is 1. The first kappa shape index (κ1) is 21.2. The molecule has 0 saturated heterocycles. The van der Waals surface area contributed by atoms with Crippen molar-refractivity contribution < 1.29 is 13.9 Å². The van der Waals surface area contributed by atoms with Crippen molar-refractivity contribution >= 4 is 5.91 Å². The Labute approximate surface area is 188 Å². The van der Waals surface area contributed by atoms with Crippen LogP contribution in [0.4, 0.5) is 0 Å². The molecule has 0 bridgehead atoms. The van der Waals surface area contributed by atoms with Gasteiger partial charge in [0, 0.05) is 18.1 Å². The second-order valence-corrected chi connectivity index (χ2v) is 7.53. The molecule has 0 aliphatic rings. The lowest BCUT2D eigenvalue weighted by Crippen LogP contribution is -2.26. The van der Waals surface area contributed by atoms with Crippen LogP contribution in [0, 0.1) is 0 Å². The third-order valence-corrected chi connectivity index (χ3v) is 5.24.